The molecule has 0 radical (unpaired) electrons. The second-order valence-corrected chi connectivity index (χ2v) is 9.17. The van der Waals surface area contributed by atoms with E-state index >= 15 is 0 Å². The maximum absolute atomic E-state index is 12.1. The highest BCUT2D eigenvalue weighted by Gasteiger charge is 2.73. The zero-order valence-corrected chi connectivity index (χ0v) is 14.2. The number of nitriles is 1. The summed E-state index contributed by atoms with van der Waals surface area (Å²) in [6.45, 7) is 0.634. The van der Waals surface area contributed by atoms with E-state index in [1.807, 2.05) is 34.9 Å². The van der Waals surface area contributed by atoms with Crippen LogP contribution in [0.4, 0.5) is 0 Å². The van der Waals surface area contributed by atoms with E-state index in [2.05, 4.69) is 10.8 Å². The van der Waals surface area contributed by atoms with Crippen molar-refractivity contribution in [1.82, 2.24) is 13.6 Å². The van der Waals surface area contributed by atoms with Crippen LogP contribution in [-0.4, -0.2) is 35.3 Å². The first-order chi connectivity index (χ1) is 11.9. The van der Waals surface area contributed by atoms with Crippen LogP contribution < -0.4 is 4.72 Å². The summed E-state index contributed by atoms with van der Waals surface area (Å²) in [5.41, 5.74) is 1.27. The van der Waals surface area contributed by atoms with Gasteiger partial charge in [-0.1, -0.05) is 18.2 Å². The van der Waals surface area contributed by atoms with Gasteiger partial charge in [0.1, 0.15) is 11.8 Å². The number of nitrogens with one attached hydrogen (secondary N) is 1. The smallest absolute Gasteiger partial charge is 0.304 e. The average molecular weight is 356 g/mol. The number of fused-ring (bicyclic) bond motifs is 1. The second-order valence-electron chi connectivity index (χ2n) is 7.58. The van der Waals surface area contributed by atoms with E-state index < -0.39 is 21.7 Å². The Hall–Kier alpha value is -2.37. The van der Waals surface area contributed by atoms with Crippen molar-refractivity contribution in [1.29, 1.82) is 5.26 Å². The Morgan fingerprint density at radius 2 is 1.96 bits per heavy atom. The molecule has 0 spiro atoms. The molecule has 3 aliphatic carbocycles. The summed E-state index contributed by atoms with van der Waals surface area (Å²) in [6, 6.07) is 12.1. The van der Waals surface area contributed by atoms with Crippen LogP contribution in [0.2, 0.25) is 0 Å². The predicted molar refractivity (Wildman–Crippen MR) is 89.4 cm³/mol. The van der Waals surface area contributed by atoms with Gasteiger partial charge in [-0.05, 0) is 36.8 Å². The van der Waals surface area contributed by atoms with Gasteiger partial charge in [0.05, 0.1) is 6.54 Å². The molecule has 7 nitrogen and oxygen atoms in total. The molecule has 1 aliphatic heterocycles. The molecule has 4 fully saturated rings. The Morgan fingerprint density at radius 1 is 1.24 bits per heavy atom. The molecule has 1 N–H and O–H groups in total. The zero-order chi connectivity index (χ0) is 17.4. The molecule has 1 amide bonds. The van der Waals surface area contributed by atoms with Gasteiger partial charge in [0, 0.05) is 23.0 Å². The Bertz CT molecular complexity index is 1060. The van der Waals surface area contributed by atoms with Crippen molar-refractivity contribution in [3.05, 3.63) is 36.0 Å². The van der Waals surface area contributed by atoms with E-state index in [1.54, 1.807) is 0 Å². The van der Waals surface area contributed by atoms with Gasteiger partial charge in [-0.15, -0.1) is 0 Å². The maximum Gasteiger partial charge on any atom is 0.304 e. The number of hydrogen-bond donors (Lipinski definition) is 1. The molecule has 1 aromatic heterocycles. The topological polar surface area (TPSA) is 95.2 Å². The van der Waals surface area contributed by atoms with E-state index in [0.29, 0.717) is 12.2 Å². The summed E-state index contributed by atoms with van der Waals surface area (Å²) in [5, 5.41) is 10.5. The SMILES string of the molecule is N#Cc1cc2ccccc2n1CC12CC(N3CC(=O)NS3(=O)=O)(C1)C2. The third kappa shape index (κ3) is 1.88. The number of amides is 1. The van der Waals surface area contributed by atoms with Gasteiger partial charge in [-0.3, -0.25) is 4.79 Å². The molecule has 0 atom stereocenters. The minimum Gasteiger partial charge on any atom is -0.332 e. The van der Waals surface area contributed by atoms with E-state index in [4.69, 9.17) is 0 Å². The van der Waals surface area contributed by atoms with Gasteiger partial charge in [-0.25, -0.2) is 4.72 Å². The summed E-state index contributed by atoms with van der Waals surface area (Å²) in [7, 11) is -3.68. The predicted octanol–water partition coefficient (Wildman–Crippen LogP) is 1.11. The summed E-state index contributed by atoms with van der Waals surface area (Å²) < 4.78 is 29.6. The highest BCUT2D eigenvalue weighted by atomic mass is 32.2. The van der Waals surface area contributed by atoms with Crippen LogP contribution in [0, 0.1) is 16.7 Å². The number of aromatic nitrogens is 1. The monoisotopic (exact) mass is 356 g/mol. The van der Waals surface area contributed by atoms with Crippen molar-refractivity contribution in [2.24, 2.45) is 5.41 Å². The van der Waals surface area contributed by atoms with Crippen LogP contribution in [0.3, 0.4) is 0 Å². The molecule has 8 heteroatoms. The Labute approximate surface area is 145 Å². The normalized spacial score (nSPS) is 32.7. The minimum atomic E-state index is -3.68. The molecule has 2 heterocycles. The quantitative estimate of drug-likeness (QED) is 0.891. The van der Waals surface area contributed by atoms with Gasteiger partial charge in [-0.2, -0.15) is 18.0 Å². The molecule has 2 bridgehead atoms. The number of para-hydroxylation sites is 1. The van der Waals surface area contributed by atoms with E-state index in [0.717, 1.165) is 30.2 Å². The first-order valence-electron chi connectivity index (χ1n) is 8.18. The lowest BCUT2D eigenvalue weighted by molar-refractivity contribution is -0.198. The summed E-state index contributed by atoms with van der Waals surface area (Å²) in [6.07, 6.45) is 2.22. The van der Waals surface area contributed by atoms with Gasteiger partial charge >= 0.3 is 10.2 Å². The fourth-order valence-electron chi connectivity index (χ4n) is 5.05. The van der Waals surface area contributed by atoms with Crippen molar-refractivity contribution in [2.75, 3.05) is 6.54 Å². The first kappa shape index (κ1) is 14.9. The van der Waals surface area contributed by atoms with E-state index in [9.17, 15) is 18.5 Å². The Balaban J connectivity index is 1.41. The molecule has 2 aromatic rings. The van der Waals surface area contributed by atoms with Gasteiger partial charge in [0.25, 0.3) is 0 Å². The lowest BCUT2D eigenvalue weighted by atomic mass is 9.39. The highest BCUT2D eigenvalue weighted by molar-refractivity contribution is 7.88. The number of nitrogens with zero attached hydrogens (tertiary/aromatic N) is 3. The molecular formula is C17H16N4O3S. The van der Waals surface area contributed by atoms with Crippen molar-refractivity contribution >= 4 is 27.0 Å². The van der Waals surface area contributed by atoms with Crippen LogP contribution in [0.5, 0.6) is 0 Å². The van der Waals surface area contributed by atoms with Crippen molar-refractivity contribution in [3.63, 3.8) is 0 Å². The minimum absolute atomic E-state index is 0.0224. The molecule has 1 saturated heterocycles. The van der Waals surface area contributed by atoms with Crippen LogP contribution >= 0.6 is 0 Å². The summed E-state index contributed by atoms with van der Waals surface area (Å²) >= 11 is 0. The van der Waals surface area contributed by atoms with Crippen LogP contribution in [0.1, 0.15) is 25.0 Å². The van der Waals surface area contributed by atoms with Gasteiger partial charge < -0.3 is 4.57 Å². The molecule has 0 unspecified atom stereocenters. The number of carbonyl (C=O) groups excluding carboxylic acids is 1. The fourth-order valence-corrected chi connectivity index (χ4v) is 6.50. The standard InChI is InChI=1S/C17H16N4O3S/c18-6-13-5-12-3-1-2-4-14(12)20(13)11-16-8-17(9-16,10-16)21-7-15(22)19-25(21,23)24/h1-5H,7-11H2,(H,19,22). The fraction of sp³-hybridized carbons (Fsp3) is 0.412. The van der Waals surface area contributed by atoms with Crippen molar-refractivity contribution in [3.8, 4) is 6.07 Å². The lowest BCUT2D eigenvalue weighted by Gasteiger charge is -2.72. The largest absolute Gasteiger partial charge is 0.332 e. The molecule has 4 aliphatic rings. The van der Waals surface area contributed by atoms with Crippen molar-refractivity contribution in [2.45, 2.75) is 31.3 Å². The molecule has 25 heavy (non-hydrogen) atoms. The number of benzene rings is 1. The van der Waals surface area contributed by atoms with E-state index in [-0.39, 0.29) is 12.0 Å². The molecule has 128 valence electrons. The van der Waals surface area contributed by atoms with Gasteiger partial charge in [0.15, 0.2) is 0 Å². The molecule has 3 saturated carbocycles. The number of carbonyl (C=O) groups is 1. The maximum atomic E-state index is 12.1. The van der Waals surface area contributed by atoms with E-state index in [1.165, 1.54) is 4.31 Å². The number of rotatable bonds is 3. The first-order valence-corrected chi connectivity index (χ1v) is 9.62. The summed E-state index contributed by atoms with van der Waals surface area (Å²) in [4.78, 5) is 11.5. The molecular weight excluding hydrogens is 340 g/mol. The lowest BCUT2D eigenvalue weighted by Crippen LogP contribution is -2.75. The Morgan fingerprint density at radius 3 is 2.60 bits per heavy atom. The van der Waals surface area contributed by atoms with Crippen LogP contribution in [0.25, 0.3) is 10.9 Å². The average Bonchev–Trinajstić information content (AvgIpc) is 2.97. The Kier molecular flexibility index (Phi) is 2.64. The third-order valence-corrected chi connectivity index (χ3v) is 7.46. The van der Waals surface area contributed by atoms with Crippen molar-refractivity contribution < 1.29 is 13.2 Å². The van der Waals surface area contributed by atoms with Crippen LogP contribution in [-0.2, 0) is 21.5 Å². The third-order valence-electron chi connectivity index (χ3n) is 5.88. The van der Waals surface area contributed by atoms with Crippen LogP contribution in [0.15, 0.2) is 30.3 Å². The second kappa shape index (κ2) is 4.42. The zero-order valence-electron chi connectivity index (χ0n) is 13.4. The molecule has 6 rings (SSSR count). The van der Waals surface area contributed by atoms with Gasteiger partial charge in [0.2, 0.25) is 5.91 Å². The number of hydrogen-bond acceptors (Lipinski definition) is 4. The highest BCUT2D eigenvalue weighted by Crippen LogP contribution is 2.71. The summed E-state index contributed by atoms with van der Waals surface area (Å²) in [5.74, 6) is -0.457. The molecule has 1 aromatic carbocycles.